The van der Waals surface area contributed by atoms with Gasteiger partial charge in [-0.15, -0.1) is 10.2 Å². The molecule has 0 spiro atoms. The van der Waals surface area contributed by atoms with Crippen LogP contribution in [0.25, 0.3) is 0 Å². The lowest BCUT2D eigenvalue weighted by atomic mass is 10.1. The lowest BCUT2D eigenvalue weighted by Gasteiger charge is -2.22. The summed E-state index contributed by atoms with van der Waals surface area (Å²) in [4.78, 5) is 26.9. The summed E-state index contributed by atoms with van der Waals surface area (Å²) in [7, 11) is 0. The first-order valence-electron chi connectivity index (χ1n) is 8.98. The van der Waals surface area contributed by atoms with Crippen molar-refractivity contribution in [1.29, 1.82) is 0 Å². The second kappa shape index (κ2) is 8.26. The molecule has 3 aromatic rings. The van der Waals surface area contributed by atoms with Crippen molar-refractivity contribution in [1.82, 2.24) is 15.1 Å². The monoisotopic (exact) mass is 430 g/mol. The Balaban J connectivity index is 1.50. The van der Waals surface area contributed by atoms with Crippen LogP contribution < -0.4 is 5.32 Å². The lowest BCUT2D eigenvalue weighted by molar-refractivity contribution is 0.0734. The molecular formula is C20H16ClFN4O2S. The van der Waals surface area contributed by atoms with Gasteiger partial charge >= 0.3 is 0 Å². The third-order valence-electron chi connectivity index (χ3n) is 4.59. The molecule has 0 saturated carbocycles. The molecule has 4 rings (SSSR count). The van der Waals surface area contributed by atoms with Gasteiger partial charge in [0.05, 0.1) is 6.04 Å². The van der Waals surface area contributed by atoms with E-state index in [1.165, 1.54) is 18.2 Å². The second-order valence-electron chi connectivity index (χ2n) is 6.58. The number of halogens is 2. The van der Waals surface area contributed by atoms with E-state index in [1.54, 1.807) is 35.2 Å². The number of aromatic nitrogens is 2. The standard InChI is InChI=1S/C20H16ClFN4O2S/c21-13-5-2-7-15(11-13)23-17(27)19-25-24-18(29-19)16-8-3-9-26(16)20(28)12-4-1-6-14(22)10-12/h1-2,4-7,10-11,16H,3,8-9H2,(H,23,27)/t16-/m1/s1. The Morgan fingerprint density at radius 3 is 2.79 bits per heavy atom. The number of carbonyl (C=O) groups excluding carboxylic acids is 2. The van der Waals surface area contributed by atoms with Crippen LogP contribution in [-0.4, -0.2) is 33.5 Å². The zero-order chi connectivity index (χ0) is 20.4. The Kier molecular flexibility index (Phi) is 5.55. The number of likely N-dealkylation sites (tertiary alicyclic amines) is 1. The summed E-state index contributed by atoms with van der Waals surface area (Å²) in [6, 6.07) is 12.1. The minimum absolute atomic E-state index is 0.199. The van der Waals surface area contributed by atoms with E-state index in [0.717, 1.165) is 17.8 Å². The lowest BCUT2D eigenvalue weighted by Crippen LogP contribution is -2.30. The molecule has 0 unspecified atom stereocenters. The molecule has 2 amide bonds. The van der Waals surface area contributed by atoms with Crippen LogP contribution in [0.15, 0.2) is 48.5 Å². The number of nitrogens with zero attached hydrogens (tertiary/aromatic N) is 3. The first-order chi connectivity index (χ1) is 14.0. The average Bonchev–Trinajstić information content (AvgIpc) is 3.37. The Bertz CT molecular complexity index is 1070. The molecule has 1 fully saturated rings. The Morgan fingerprint density at radius 1 is 1.17 bits per heavy atom. The number of carbonyl (C=O) groups is 2. The number of hydrogen-bond donors (Lipinski definition) is 1. The van der Waals surface area contributed by atoms with Crippen LogP contribution in [0.1, 0.15) is 44.1 Å². The molecule has 148 valence electrons. The topological polar surface area (TPSA) is 75.2 Å². The number of anilines is 1. The van der Waals surface area contributed by atoms with Crippen LogP contribution in [0.3, 0.4) is 0 Å². The Labute approximate surface area is 175 Å². The highest BCUT2D eigenvalue weighted by atomic mass is 35.5. The van der Waals surface area contributed by atoms with Crippen LogP contribution in [0.2, 0.25) is 5.02 Å². The zero-order valence-corrected chi connectivity index (χ0v) is 16.7. The van der Waals surface area contributed by atoms with Crippen molar-refractivity contribution in [2.75, 3.05) is 11.9 Å². The molecule has 2 heterocycles. The van der Waals surface area contributed by atoms with Gasteiger partial charge in [0.15, 0.2) is 0 Å². The van der Waals surface area contributed by atoms with Gasteiger partial charge in [0.1, 0.15) is 10.8 Å². The Hall–Kier alpha value is -2.84. The molecule has 0 radical (unpaired) electrons. The molecule has 0 aliphatic carbocycles. The molecule has 29 heavy (non-hydrogen) atoms. The number of rotatable bonds is 4. The van der Waals surface area contributed by atoms with Gasteiger partial charge in [0.25, 0.3) is 11.8 Å². The molecule has 2 aromatic carbocycles. The third kappa shape index (κ3) is 4.28. The van der Waals surface area contributed by atoms with Crippen molar-refractivity contribution in [3.8, 4) is 0 Å². The highest BCUT2D eigenvalue weighted by Crippen LogP contribution is 2.35. The maximum absolute atomic E-state index is 13.5. The third-order valence-corrected chi connectivity index (χ3v) is 5.85. The van der Waals surface area contributed by atoms with Gasteiger partial charge in [0.2, 0.25) is 5.01 Å². The minimum Gasteiger partial charge on any atom is -0.329 e. The van der Waals surface area contributed by atoms with E-state index in [-0.39, 0.29) is 17.0 Å². The number of hydrogen-bond acceptors (Lipinski definition) is 5. The van der Waals surface area contributed by atoms with Gasteiger partial charge in [-0.3, -0.25) is 9.59 Å². The average molecular weight is 431 g/mol. The molecule has 6 nitrogen and oxygen atoms in total. The molecular weight excluding hydrogens is 415 g/mol. The van der Waals surface area contributed by atoms with Gasteiger partial charge in [-0.1, -0.05) is 35.1 Å². The normalized spacial score (nSPS) is 16.1. The molecule has 1 aliphatic rings. The fraction of sp³-hybridized carbons (Fsp3) is 0.200. The summed E-state index contributed by atoms with van der Waals surface area (Å²) in [6.45, 7) is 0.545. The predicted molar refractivity (Wildman–Crippen MR) is 109 cm³/mol. The van der Waals surface area contributed by atoms with E-state index >= 15 is 0 Å². The molecule has 1 aromatic heterocycles. The van der Waals surface area contributed by atoms with Gasteiger partial charge in [-0.2, -0.15) is 0 Å². The van der Waals surface area contributed by atoms with E-state index in [2.05, 4.69) is 15.5 Å². The van der Waals surface area contributed by atoms with Crippen LogP contribution in [0.4, 0.5) is 10.1 Å². The first kappa shape index (κ1) is 19.5. The maximum Gasteiger partial charge on any atom is 0.286 e. The van der Waals surface area contributed by atoms with Crippen molar-refractivity contribution in [2.24, 2.45) is 0 Å². The van der Waals surface area contributed by atoms with Gasteiger partial charge in [-0.25, -0.2) is 4.39 Å². The van der Waals surface area contributed by atoms with Gasteiger partial charge < -0.3 is 10.2 Å². The Morgan fingerprint density at radius 2 is 2.00 bits per heavy atom. The van der Waals surface area contributed by atoms with E-state index in [4.69, 9.17) is 11.6 Å². The van der Waals surface area contributed by atoms with Crippen LogP contribution >= 0.6 is 22.9 Å². The summed E-state index contributed by atoms with van der Waals surface area (Å²) < 4.78 is 13.5. The summed E-state index contributed by atoms with van der Waals surface area (Å²) in [6.07, 6.45) is 1.51. The first-order valence-corrected chi connectivity index (χ1v) is 10.2. The van der Waals surface area contributed by atoms with Gasteiger partial charge in [0, 0.05) is 22.8 Å². The summed E-state index contributed by atoms with van der Waals surface area (Å²) in [5.74, 6) is -1.10. The minimum atomic E-state index is -0.456. The maximum atomic E-state index is 13.5. The number of amides is 2. The summed E-state index contributed by atoms with van der Waals surface area (Å²) in [5.41, 5.74) is 0.850. The predicted octanol–water partition coefficient (Wildman–Crippen LogP) is 4.56. The highest BCUT2D eigenvalue weighted by molar-refractivity contribution is 7.13. The van der Waals surface area contributed by atoms with Crippen molar-refractivity contribution in [3.63, 3.8) is 0 Å². The van der Waals surface area contributed by atoms with Crippen molar-refractivity contribution in [2.45, 2.75) is 18.9 Å². The van der Waals surface area contributed by atoms with E-state index < -0.39 is 11.7 Å². The smallest absolute Gasteiger partial charge is 0.286 e. The molecule has 1 N–H and O–H groups in total. The van der Waals surface area contributed by atoms with E-state index in [1.807, 2.05) is 0 Å². The molecule has 1 saturated heterocycles. The highest BCUT2D eigenvalue weighted by Gasteiger charge is 2.33. The largest absolute Gasteiger partial charge is 0.329 e. The van der Waals surface area contributed by atoms with E-state index in [9.17, 15) is 14.0 Å². The second-order valence-corrected chi connectivity index (χ2v) is 8.02. The summed E-state index contributed by atoms with van der Waals surface area (Å²) >= 11 is 7.08. The van der Waals surface area contributed by atoms with Crippen LogP contribution in [0.5, 0.6) is 0 Å². The SMILES string of the molecule is O=C(Nc1cccc(Cl)c1)c1nnc([C@H]2CCCN2C(=O)c2cccc(F)c2)s1. The van der Waals surface area contributed by atoms with Crippen molar-refractivity contribution >= 4 is 40.4 Å². The molecule has 9 heteroatoms. The molecule has 0 bridgehead atoms. The molecule has 1 atom stereocenters. The summed E-state index contributed by atoms with van der Waals surface area (Å²) in [5, 5.41) is 12.2. The van der Waals surface area contributed by atoms with Gasteiger partial charge in [-0.05, 0) is 49.2 Å². The van der Waals surface area contributed by atoms with Crippen molar-refractivity contribution < 1.29 is 14.0 Å². The van der Waals surface area contributed by atoms with E-state index in [0.29, 0.717) is 34.2 Å². The van der Waals surface area contributed by atoms with Crippen LogP contribution in [-0.2, 0) is 0 Å². The fourth-order valence-corrected chi connectivity index (χ4v) is 4.34. The number of benzene rings is 2. The number of nitrogens with one attached hydrogen (secondary N) is 1. The van der Waals surface area contributed by atoms with Crippen molar-refractivity contribution in [3.05, 3.63) is 74.9 Å². The van der Waals surface area contributed by atoms with Crippen LogP contribution in [0, 0.1) is 5.82 Å². The zero-order valence-electron chi connectivity index (χ0n) is 15.1. The quantitative estimate of drug-likeness (QED) is 0.658. The molecule has 1 aliphatic heterocycles. The fourth-order valence-electron chi connectivity index (χ4n) is 3.27.